The number of Topliss-reactive ketones (excluding diaryl/α,β-unsaturated/α-hetero) is 1. The first-order chi connectivity index (χ1) is 8.69. The fraction of sp³-hybridized carbons (Fsp3) is 0.250. The molecule has 0 saturated heterocycles. The summed E-state index contributed by atoms with van der Waals surface area (Å²) in [7, 11) is 2.82. The van der Waals surface area contributed by atoms with Crippen molar-refractivity contribution in [2.24, 2.45) is 16.2 Å². The Labute approximate surface area is 114 Å². The van der Waals surface area contributed by atoms with E-state index in [1.165, 1.54) is 26.6 Å². The molecule has 0 bridgehead atoms. The van der Waals surface area contributed by atoms with Crippen LogP contribution in [0, 0.1) is 5.92 Å². The number of carbonyl (C=O) groups is 1. The van der Waals surface area contributed by atoms with Crippen molar-refractivity contribution >= 4 is 34.1 Å². The van der Waals surface area contributed by atoms with Gasteiger partial charge >= 0.3 is 0 Å². The first-order valence-electron chi connectivity index (χ1n) is 5.12. The minimum absolute atomic E-state index is 0.135. The predicted molar refractivity (Wildman–Crippen MR) is 73.0 cm³/mol. The van der Waals surface area contributed by atoms with Crippen molar-refractivity contribution in [2.75, 3.05) is 14.2 Å². The van der Waals surface area contributed by atoms with Gasteiger partial charge in [-0.1, -0.05) is 38.4 Å². The summed E-state index contributed by atoms with van der Waals surface area (Å²) >= 11 is 3.31. The van der Waals surface area contributed by atoms with Gasteiger partial charge in [0.15, 0.2) is 5.78 Å². The van der Waals surface area contributed by atoms with Crippen LogP contribution < -0.4 is 0 Å². The maximum absolute atomic E-state index is 12.2. The quantitative estimate of drug-likeness (QED) is 0.460. The van der Waals surface area contributed by atoms with Crippen LogP contribution >= 0.6 is 15.9 Å². The third-order valence-electron chi connectivity index (χ3n) is 2.09. The van der Waals surface area contributed by atoms with Crippen LogP contribution in [0.1, 0.15) is 10.4 Å². The number of hydrogen-bond donors (Lipinski definition) is 0. The molecule has 1 atom stereocenters. The number of rotatable bonds is 6. The lowest BCUT2D eigenvalue weighted by atomic mass is 10.00. The largest absolute Gasteiger partial charge is 0.399 e. The van der Waals surface area contributed by atoms with Crippen molar-refractivity contribution in [1.29, 1.82) is 0 Å². The van der Waals surface area contributed by atoms with Gasteiger partial charge in [0.2, 0.25) is 0 Å². The summed E-state index contributed by atoms with van der Waals surface area (Å²) in [6.07, 6.45) is 2.74. The van der Waals surface area contributed by atoms with Crippen LogP contribution in [0.3, 0.4) is 0 Å². The van der Waals surface area contributed by atoms with Gasteiger partial charge in [-0.15, -0.1) is 0 Å². The molecular formula is C12H13BrN2O3. The smallest absolute Gasteiger partial charge is 0.176 e. The highest BCUT2D eigenvalue weighted by molar-refractivity contribution is 9.10. The molecule has 1 unspecified atom stereocenters. The molecule has 18 heavy (non-hydrogen) atoms. The molecule has 0 saturated carbocycles. The Morgan fingerprint density at radius 1 is 1.17 bits per heavy atom. The molecule has 0 aliphatic carbocycles. The van der Waals surface area contributed by atoms with E-state index in [0.717, 1.165) is 4.47 Å². The molecule has 0 N–H and O–H groups in total. The molecule has 0 aliphatic heterocycles. The van der Waals surface area contributed by atoms with Gasteiger partial charge in [0.25, 0.3) is 0 Å². The molecule has 96 valence electrons. The van der Waals surface area contributed by atoms with E-state index in [9.17, 15) is 4.79 Å². The summed E-state index contributed by atoms with van der Waals surface area (Å²) in [4.78, 5) is 21.3. The number of ketones is 1. The summed E-state index contributed by atoms with van der Waals surface area (Å²) in [5.74, 6) is -0.754. The average molecular weight is 313 g/mol. The summed E-state index contributed by atoms with van der Waals surface area (Å²) in [5, 5.41) is 7.17. The van der Waals surface area contributed by atoms with Gasteiger partial charge in [-0.05, 0) is 12.1 Å². The molecular weight excluding hydrogens is 300 g/mol. The highest BCUT2D eigenvalue weighted by atomic mass is 79.9. The molecule has 1 aromatic carbocycles. The van der Waals surface area contributed by atoms with Gasteiger partial charge < -0.3 is 9.68 Å². The minimum atomic E-state index is -0.619. The van der Waals surface area contributed by atoms with Gasteiger partial charge in [0, 0.05) is 10.0 Å². The predicted octanol–water partition coefficient (Wildman–Crippen LogP) is 2.51. The van der Waals surface area contributed by atoms with Crippen molar-refractivity contribution in [1.82, 2.24) is 0 Å². The van der Waals surface area contributed by atoms with Crippen LogP contribution in [0.4, 0.5) is 0 Å². The third-order valence-corrected chi connectivity index (χ3v) is 2.61. The Morgan fingerprint density at radius 2 is 1.67 bits per heavy atom. The van der Waals surface area contributed by atoms with Crippen LogP contribution in [0.5, 0.6) is 0 Å². The Balaban J connectivity index is 2.90. The van der Waals surface area contributed by atoms with Crippen LogP contribution in [0.2, 0.25) is 0 Å². The van der Waals surface area contributed by atoms with Crippen molar-refractivity contribution in [3.05, 3.63) is 34.3 Å². The monoisotopic (exact) mass is 312 g/mol. The van der Waals surface area contributed by atoms with E-state index in [1.807, 2.05) is 0 Å². The lowest BCUT2D eigenvalue weighted by Crippen LogP contribution is -2.18. The number of nitrogens with zero attached hydrogens (tertiary/aromatic N) is 2. The van der Waals surface area contributed by atoms with E-state index in [2.05, 4.69) is 35.9 Å². The number of carbonyl (C=O) groups excluding carboxylic acids is 1. The third kappa shape index (κ3) is 4.29. The van der Waals surface area contributed by atoms with E-state index < -0.39 is 5.92 Å². The molecule has 0 aliphatic rings. The Morgan fingerprint density at radius 3 is 2.11 bits per heavy atom. The Bertz CT molecular complexity index is 429. The molecule has 0 heterocycles. The van der Waals surface area contributed by atoms with Crippen molar-refractivity contribution in [3.63, 3.8) is 0 Å². The molecule has 1 aromatic rings. The normalized spacial score (nSPS) is 12.8. The van der Waals surface area contributed by atoms with Crippen molar-refractivity contribution in [2.45, 2.75) is 0 Å². The first kappa shape index (κ1) is 14.4. The van der Waals surface area contributed by atoms with Crippen LogP contribution in [0.15, 0.2) is 39.0 Å². The second-order valence-electron chi connectivity index (χ2n) is 3.27. The standard InChI is InChI=1S/C12H13BrN2O3/c1-17-14-7-10(8-15-18-2)12(16)9-3-5-11(13)6-4-9/h3-8,10H,1-2H3/b14-7-,15-8+. The zero-order valence-corrected chi connectivity index (χ0v) is 11.6. The molecule has 5 nitrogen and oxygen atoms in total. The van der Waals surface area contributed by atoms with Gasteiger partial charge in [-0.25, -0.2) is 0 Å². The van der Waals surface area contributed by atoms with Crippen molar-refractivity contribution in [3.8, 4) is 0 Å². The second-order valence-corrected chi connectivity index (χ2v) is 4.19. The van der Waals surface area contributed by atoms with E-state index in [4.69, 9.17) is 0 Å². The van der Waals surface area contributed by atoms with Gasteiger partial charge in [0.05, 0.1) is 18.3 Å². The summed E-state index contributed by atoms with van der Waals surface area (Å²) in [6.45, 7) is 0. The summed E-state index contributed by atoms with van der Waals surface area (Å²) in [6, 6.07) is 7.04. The van der Waals surface area contributed by atoms with Crippen LogP contribution in [-0.4, -0.2) is 32.4 Å². The van der Waals surface area contributed by atoms with Gasteiger partial charge in [-0.2, -0.15) is 0 Å². The Hall–Kier alpha value is -1.69. The Kier molecular flexibility index (Phi) is 6.07. The highest BCUT2D eigenvalue weighted by Gasteiger charge is 2.16. The fourth-order valence-corrected chi connectivity index (χ4v) is 1.50. The zero-order chi connectivity index (χ0) is 13.4. The van der Waals surface area contributed by atoms with E-state index >= 15 is 0 Å². The molecule has 6 heteroatoms. The van der Waals surface area contributed by atoms with Gasteiger partial charge in [0.1, 0.15) is 14.2 Å². The summed E-state index contributed by atoms with van der Waals surface area (Å²) in [5.41, 5.74) is 0.563. The van der Waals surface area contributed by atoms with E-state index in [0.29, 0.717) is 5.56 Å². The number of hydrogen-bond acceptors (Lipinski definition) is 5. The lowest BCUT2D eigenvalue weighted by Gasteiger charge is -2.05. The zero-order valence-electron chi connectivity index (χ0n) is 10.0. The SMILES string of the molecule is CO/N=C\C(/C=N/OC)C(=O)c1ccc(Br)cc1. The maximum Gasteiger partial charge on any atom is 0.176 e. The molecule has 1 rings (SSSR count). The molecule has 0 aromatic heterocycles. The fourth-order valence-electron chi connectivity index (χ4n) is 1.23. The molecule has 0 fully saturated rings. The number of benzene rings is 1. The highest BCUT2D eigenvalue weighted by Crippen LogP contribution is 2.13. The number of halogens is 1. The van der Waals surface area contributed by atoms with Gasteiger partial charge in [-0.3, -0.25) is 4.79 Å². The minimum Gasteiger partial charge on any atom is -0.399 e. The van der Waals surface area contributed by atoms with Crippen LogP contribution in [0.25, 0.3) is 0 Å². The maximum atomic E-state index is 12.2. The topological polar surface area (TPSA) is 60.3 Å². The summed E-state index contributed by atoms with van der Waals surface area (Å²) < 4.78 is 0.909. The lowest BCUT2D eigenvalue weighted by molar-refractivity contribution is 0.0978. The first-order valence-corrected chi connectivity index (χ1v) is 5.91. The molecule has 0 amide bonds. The number of oxime groups is 2. The van der Waals surface area contributed by atoms with Crippen molar-refractivity contribution < 1.29 is 14.5 Å². The van der Waals surface area contributed by atoms with E-state index in [-0.39, 0.29) is 5.78 Å². The molecule has 0 radical (unpaired) electrons. The second kappa shape index (κ2) is 7.60. The average Bonchev–Trinajstić information content (AvgIpc) is 2.39. The van der Waals surface area contributed by atoms with Crippen LogP contribution in [-0.2, 0) is 9.68 Å². The van der Waals surface area contributed by atoms with E-state index in [1.54, 1.807) is 24.3 Å². The molecule has 0 spiro atoms.